The van der Waals surface area contributed by atoms with Crippen LogP contribution in [0.15, 0.2) is 95.6 Å². The molecule has 8 heterocycles. The lowest BCUT2D eigenvalue weighted by molar-refractivity contribution is -0.118. The lowest BCUT2D eigenvalue weighted by atomic mass is 9.54. The standard InChI is InChI=1S/C42H42N4O2/c1-3-23-21-43-16-15-41-30-9-5-8-12-33(30)46-39(41)28(27(23)18-35(41)43)17-29(40(46)48)34-20-42-31-10-6-7-11-32(31)45-37(47)14-13-25(38(42)45)26-19-36(42)44(34)22-24(26)4-2/h3-14,17,25-28,34-36,38-39H,15-16,18-22H2,1-2H3/t25-,26-,27-,28-,34?,35-,36-,38-,39-,41?,42?/m0/s1. The Kier molecular flexibility index (Phi) is 4.91. The van der Waals surface area contributed by atoms with E-state index in [4.69, 9.17) is 0 Å². The third kappa shape index (κ3) is 2.73. The molecule has 0 radical (unpaired) electrons. The molecule has 8 aliphatic heterocycles. The van der Waals surface area contributed by atoms with Crippen molar-refractivity contribution in [2.24, 2.45) is 23.7 Å². The number of hydrogen-bond donors (Lipinski definition) is 0. The fourth-order valence-electron chi connectivity index (χ4n) is 14.2. The van der Waals surface area contributed by atoms with E-state index in [2.05, 4.69) is 106 Å². The summed E-state index contributed by atoms with van der Waals surface area (Å²) in [4.78, 5) is 39.2. The summed E-state index contributed by atoms with van der Waals surface area (Å²) < 4.78 is 0. The van der Waals surface area contributed by atoms with Crippen molar-refractivity contribution >= 4 is 23.2 Å². The SMILES string of the molecule is CC=C1CN2CCC34c5ccccc5N5C(=O)C(C6CC78c9ccccc9N9C(=O)C=C[C@H]([C@H]97)[C@H]7C[C@@H]8N6CC7=CC)=C[C@H]([C@H]53)[C@H]1C[C@H]24. The van der Waals surface area contributed by atoms with Gasteiger partial charge in [-0.1, -0.05) is 71.8 Å². The van der Waals surface area contributed by atoms with Gasteiger partial charge in [-0.2, -0.15) is 0 Å². The molecule has 12 rings (SSSR count). The summed E-state index contributed by atoms with van der Waals surface area (Å²) in [5.41, 5.74) is 8.92. The van der Waals surface area contributed by atoms with E-state index >= 15 is 4.79 Å². The number of para-hydroxylation sites is 2. The number of benzene rings is 2. The van der Waals surface area contributed by atoms with Crippen LogP contribution >= 0.6 is 0 Å². The molecule has 6 nitrogen and oxygen atoms in total. The zero-order valence-corrected chi connectivity index (χ0v) is 27.8. The summed E-state index contributed by atoms with van der Waals surface area (Å²) in [6, 6.07) is 18.8. The summed E-state index contributed by atoms with van der Waals surface area (Å²) in [7, 11) is 0. The van der Waals surface area contributed by atoms with E-state index in [1.165, 1.54) is 28.8 Å². The second kappa shape index (κ2) is 8.70. The van der Waals surface area contributed by atoms with Crippen LogP contribution in [0, 0.1) is 23.7 Å². The van der Waals surface area contributed by atoms with E-state index in [1.54, 1.807) is 5.57 Å². The van der Waals surface area contributed by atoms with Gasteiger partial charge in [-0.05, 0) is 87.2 Å². The molecule has 2 amide bonds. The average Bonchev–Trinajstić information content (AvgIpc) is 3.85. The van der Waals surface area contributed by atoms with Crippen molar-refractivity contribution in [3.8, 4) is 0 Å². The molecule has 0 N–H and O–H groups in total. The molecule has 3 unspecified atom stereocenters. The number of allylic oxidation sites excluding steroid dienone is 2. The summed E-state index contributed by atoms with van der Waals surface area (Å²) >= 11 is 0. The van der Waals surface area contributed by atoms with Gasteiger partial charge in [0.2, 0.25) is 0 Å². The number of anilines is 2. The van der Waals surface area contributed by atoms with Crippen LogP contribution in [0.25, 0.3) is 0 Å². The first-order valence-electron chi connectivity index (χ1n) is 18.6. The van der Waals surface area contributed by atoms with Crippen LogP contribution in [0.2, 0.25) is 0 Å². The monoisotopic (exact) mass is 634 g/mol. The van der Waals surface area contributed by atoms with Crippen LogP contribution in [-0.4, -0.2) is 71.5 Å². The minimum Gasteiger partial charge on any atom is -0.304 e. The smallest absolute Gasteiger partial charge is 0.255 e. The summed E-state index contributed by atoms with van der Waals surface area (Å²) in [5.74, 6) is 1.87. The highest BCUT2D eigenvalue weighted by Gasteiger charge is 2.73. The van der Waals surface area contributed by atoms with Gasteiger partial charge in [0.25, 0.3) is 11.8 Å². The van der Waals surface area contributed by atoms with E-state index in [9.17, 15) is 4.79 Å². The normalized spacial score (nSPS) is 45.5. The lowest BCUT2D eigenvalue weighted by Crippen LogP contribution is -2.66. The first-order chi connectivity index (χ1) is 23.5. The molecule has 2 saturated carbocycles. The molecular weight excluding hydrogens is 592 g/mol. The second-order valence-electron chi connectivity index (χ2n) is 16.6. The van der Waals surface area contributed by atoms with E-state index in [-0.39, 0.29) is 40.8 Å². The Bertz CT molecular complexity index is 2010. The molecular formula is C42H42N4O2. The van der Waals surface area contributed by atoms with Crippen LogP contribution < -0.4 is 9.80 Å². The maximum absolute atomic E-state index is 15.5. The quantitative estimate of drug-likeness (QED) is 0.389. The zero-order chi connectivity index (χ0) is 31.8. The molecule has 4 bridgehead atoms. The van der Waals surface area contributed by atoms with E-state index in [0.717, 1.165) is 50.2 Å². The Morgan fingerprint density at radius 1 is 0.771 bits per heavy atom. The molecule has 4 saturated heterocycles. The number of nitrogens with zero attached hydrogens (tertiary/aromatic N) is 4. The fraction of sp³-hybridized carbons (Fsp3) is 0.476. The van der Waals surface area contributed by atoms with Gasteiger partial charge in [0, 0.05) is 70.8 Å². The number of piperidine rings is 2. The maximum atomic E-state index is 15.5. The maximum Gasteiger partial charge on any atom is 0.255 e. The van der Waals surface area contributed by atoms with Crippen LogP contribution in [0.3, 0.4) is 0 Å². The Balaban J connectivity index is 1.07. The number of amides is 2. The van der Waals surface area contributed by atoms with Crippen molar-refractivity contribution < 1.29 is 9.59 Å². The number of carbonyl (C=O) groups is 2. The minimum absolute atomic E-state index is 0.0143. The van der Waals surface area contributed by atoms with Crippen LogP contribution in [0.5, 0.6) is 0 Å². The number of fused-ring (bicyclic) bond motifs is 8. The van der Waals surface area contributed by atoms with Crippen molar-refractivity contribution in [3.63, 3.8) is 0 Å². The van der Waals surface area contributed by atoms with Gasteiger partial charge >= 0.3 is 0 Å². The molecule has 48 heavy (non-hydrogen) atoms. The molecule has 6 heteroatoms. The summed E-state index contributed by atoms with van der Waals surface area (Å²) in [6.45, 7) is 7.52. The predicted octanol–water partition coefficient (Wildman–Crippen LogP) is 5.51. The van der Waals surface area contributed by atoms with Gasteiger partial charge in [0.05, 0.1) is 12.1 Å². The fourth-order valence-corrected chi connectivity index (χ4v) is 14.2. The topological polar surface area (TPSA) is 47.1 Å². The molecule has 6 fully saturated rings. The molecule has 2 spiro atoms. The third-order valence-electron chi connectivity index (χ3n) is 15.7. The molecule has 0 aromatic heterocycles. The summed E-state index contributed by atoms with van der Waals surface area (Å²) in [5, 5.41) is 0. The molecule has 10 aliphatic rings. The van der Waals surface area contributed by atoms with Crippen molar-refractivity contribution in [2.75, 3.05) is 29.4 Å². The Morgan fingerprint density at radius 2 is 1.44 bits per heavy atom. The molecule has 11 atom stereocenters. The zero-order valence-electron chi connectivity index (χ0n) is 27.8. The van der Waals surface area contributed by atoms with Crippen molar-refractivity contribution in [3.05, 3.63) is 107 Å². The summed E-state index contributed by atoms with van der Waals surface area (Å²) in [6.07, 6.45) is 15.7. The third-order valence-corrected chi connectivity index (χ3v) is 15.7. The Morgan fingerprint density at radius 3 is 2.23 bits per heavy atom. The highest BCUT2D eigenvalue weighted by atomic mass is 16.2. The van der Waals surface area contributed by atoms with Crippen molar-refractivity contribution in [1.82, 2.24) is 9.80 Å². The van der Waals surface area contributed by atoms with Gasteiger partial charge in [-0.15, -0.1) is 0 Å². The van der Waals surface area contributed by atoms with Crippen LogP contribution in [0.1, 0.15) is 50.7 Å². The van der Waals surface area contributed by atoms with Crippen LogP contribution in [0.4, 0.5) is 11.4 Å². The highest BCUT2D eigenvalue weighted by Crippen LogP contribution is 2.68. The molecule has 242 valence electrons. The van der Waals surface area contributed by atoms with Gasteiger partial charge in [-0.25, -0.2) is 0 Å². The number of carbonyl (C=O) groups excluding carboxylic acids is 2. The predicted molar refractivity (Wildman–Crippen MR) is 186 cm³/mol. The van der Waals surface area contributed by atoms with Gasteiger partial charge in [-0.3, -0.25) is 19.4 Å². The first-order valence-corrected chi connectivity index (χ1v) is 18.6. The van der Waals surface area contributed by atoms with Crippen molar-refractivity contribution in [2.45, 2.75) is 80.6 Å². The number of hydrogen-bond acceptors (Lipinski definition) is 4. The molecule has 2 aromatic carbocycles. The second-order valence-corrected chi connectivity index (χ2v) is 16.6. The lowest BCUT2D eigenvalue weighted by Gasteiger charge is -2.57. The minimum atomic E-state index is -0.187. The van der Waals surface area contributed by atoms with Gasteiger partial charge in [0.1, 0.15) is 0 Å². The van der Waals surface area contributed by atoms with E-state index in [0.29, 0.717) is 35.8 Å². The highest BCUT2D eigenvalue weighted by molar-refractivity contribution is 6.10. The van der Waals surface area contributed by atoms with Crippen molar-refractivity contribution in [1.29, 1.82) is 0 Å². The van der Waals surface area contributed by atoms with Crippen LogP contribution in [-0.2, 0) is 20.4 Å². The Labute approximate surface area is 282 Å². The Hall–Kier alpha value is -3.74. The average molecular weight is 635 g/mol. The first kappa shape index (κ1) is 27.1. The van der Waals surface area contributed by atoms with Gasteiger partial charge in [0.15, 0.2) is 0 Å². The van der Waals surface area contributed by atoms with E-state index in [1.807, 2.05) is 6.08 Å². The van der Waals surface area contributed by atoms with E-state index < -0.39 is 0 Å². The largest absolute Gasteiger partial charge is 0.304 e. The van der Waals surface area contributed by atoms with Gasteiger partial charge < -0.3 is 9.80 Å². The number of rotatable bonds is 1. The molecule has 2 aromatic rings. The molecule has 2 aliphatic carbocycles.